The Morgan fingerprint density at radius 3 is 2.43 bits per heavy atom. The molecule has 2 rings (SSSR count). The molecular weight excluding hydrogens is 293 g/mol. The molecule has 23 heavy (non-hydrogen) atoms. The van der Waals surface area contributed by atoms with Crippen molar-refractivity contribution < 1.29 is 13.9 Å². The van der Waals surface area contributed by atoms with Gasteiger partial charge in [-0.3, -0.25) is 4.79 Å². The Kier molecular flexibility index (Phi) is 5.74. The fourth-order valence-corrected chi connectivity index (χ4v) is 2.43. The summed E-state index contributed by atoms with van der Waals surface area (Å²) in [6.45, 7) is 6.01. The molecule has 4 heteroatoms. The minimum atomic E-state index is -0.594. The van der Waals surface area contributed by atoms with Gasteiger partial charge in [-0.2, -0.15) is 0 Å². The van der Waals surface area contributed by atoms with Crippen LogP contribution in [0.3, 0.4) is 0 Å². The smallest absolute Gasteiger partial charge is 0.261 e. The highest BCUT2D eigenvalue weighted by Gasteiger charge is 2.18. The third kappa shape index (κ3) is 4.81. The molecule has 0 fully saturated rings. The molecule has 0 aromatic heterocycles. The third-order valence-corrected chi connectivity index (χ3v) is 3.55. The number of halogens is 1. The first kappa shape index (κ1) is 17.0. The molecule has 2 aromatic carbocycles. The molecule has 0 spiro atoms. The van der Waals surface area contributed by atoms with Gasteiger partial charge in [0, 0.05) is 12.1 Å². The first-order valence-electron chi connectivity index (χ1n) is 7.75. The Morgan fingerprint density at radius 1 is 1.17 bits per heavy atom. The molecule has 0 aliphatic carbocycles. The van der Waals surface area contributed by atoms with Crippen LogP contribution in [0.5, 0.6) is 5.75 Å². The predicted molar refractivity (Wildman–Crippen MR) is 88.9 cm³/mol. The highest BCUT2D eigenvalue weighted by Crippen LogP contribution is 2.18. The van der Waals surface area contributed by atoms with Crippen LogP contribution in [0.25, 0.3) is 0 Å². The van der Waals surface area contributed by atoms with Crippen LogP contribution < -0.4 is 10.1 Å². The van der Waals surface area contributed by atoms with Gasteiger partial charge in [0.1, 0.15) is 11.6 Å². The average molecular weight is 315 g/mol. The highest BCUT2D eigenvalue weighted by molar-refractivity contribution is 5.81. The Labute approximate surface area is 136 Å². The summed E-state index contributed by atoms with van der Waals surface area (Å²) < 4.78 is 19.4. The second-order valence-corrected chi connectivity index (χ2v) is 5.65. The number of rotatable bonds is 6. The van der Waals surface area contributed by atoms with Gasteiger partial charge in [-0.05, 0) is 49.6 Å². The summed E-state index contributed by atoms with van der Waals surface area (Å²) in [7, 11) is 0. The number of benzene rings is 2. The van der Waals surface area contributed by atoms with E-state index in [2.05, 4.69) is 5.32 Å². The number of carbonyl (C=O) groups excluding carboxylic acids is 1. The maximum absolute atomic E-state index is 13.6. The van der Waals surface area contributed by atoms with Gasteiger partial charge in [0.05, 0.1) is 0 Å². The number of hydrogen-bond donors (Lipinski definition) is 1. The van der Waals surface area contributed by atoms with Crippen LogP contribution in [0.1, 0.15) is 30.0 Å². The van der Waals surface area contributed by atoms with E-state index >= 15 is 0 Å². The van der Waals surface area contributed by atoms with Crippen molar-refractivity contribution in [2.45, 2.75) is 39.8 Å². The number of carbonyl (C=O) groups is 1. The van der Waals surface area contributed by atoms with Crippen molar-refractivity contribution in [2.24, 2.45) is 0 Å². The fourth-order valence-electron chi connectivity index (χ4n) is 2.43. The molecular formula is C19H22FNO2. The molecule has 122 valence electrons. The van der Waals surface area contributed by atoms with Gasteiger partial charge in [0.2, 0.25) is 0 Å². The zero-order valence-corrected chi connectivity index (χ0v) is 13.7. The molecule has 1 unspecified atom stereocenters. The van der Waals surface area contributed by atoms with Crippen LogP contribution in [-0.2, 0) is 11.3 Å². The van der Waals surface area contributed by atoms with Crippen molar-refractivity contribution in [3.8, 4) is 5.75 Å². The summed E-state index contributed by atoms with van der Waals surface area (Å²) in [4.78, 5) is 12.3. The molecule has 1 atom stereocenters. The van der Waals surface area contributed by atoms with Crippen LogP contribution in [-0.4, -0.2) is 12.0 Å². The molecule has 3 nitrogen and oxygen atoms in total. The lowest BCUT2D eigenvalue weighted by Crippen LogP contribution is -2.37. The van der Waals surface area contributed by atoms with Gasteiger partial charge >= 0.3 is 0 Å². The first-order valence-corrected chi connectivity index (χ1v) is 7.75. The van der Waals surface area contributed by atoms with Gasteiger partial charge in [-0.15, -0.1) is 0 Å². The first-order chi connectivity index (χ1) is 11.0. The number of aryl methyl sites for hydroxylation is 2. The predicted octanol–water partition coefficient (Wildman–Crippen LogP) is 3.92. The van der Waals surface area contributed by atoms with Crippen molar-refractivity contribution in [1.82, 2.24) is 5.32 Å². The zero-order valence-electron chi connectivity index (χ0n) is 13.7. The largest absolute Gasteiger partial charge is 0.481 e. The average Bonchev–Trinajstić information content (AvgIpc) is 2.50. The topological polar surface area (TPSA) is 38.3 Å². The van der Waals surface area contributed by atoms with E-state index in [-0.39, 0.29) is 18.3 Å². The van der Waals surface area contributed by atoms with Gasteiger partial charge in [0.25, 0.3) is 5.91 Å². The maximum atomic E-state index is 13.6. The minimum absolute atomic E-state index is 0.151. The number of amides is 1. The summed E-state index contributed by atoms with van der Waals surface area (Å²) in [5.74, 6) is 0.112. The summed E-state index contributed by atoms with van der Waals surface area (Å²) in [5.41, 5.74) is 2.63. The molecule has 0 radical (unpaired) electrons. The molecule has 1 amide bonds. The van der Waals surface area contributed by atoms with Gasteiger partial charge < -0.3 is 10.1 Å². The summed E-state index contributed by atoms with van der Waals surface area (Å²) >= 11 is 0. The van der Waals surface area contributed by atoms with E-state index in [0.717, 1.165) is 11.1 Å². The van der Waals surface area contributed by atoms with E-state index in [1.54, 1.807) is 18.2 Å². The van der Waals surface area contributed by atoms with Crippen LogP contribution in [0.4, 0.5) is 4.39 Å². The van der Waals surface area contributed by atoms with Crippen molar-refractivity contribution >= 4 is 5.91 Å². The normalized spacial score (nSPS) is 11.8. The van der Waals surface area contributed by atoms with E-state index in [4.69, 9.17) is 4.74 Å². The van der Waals surface area contributed by atoms with E-state index in [0.29, 0.717) is 17.7 Å². The molecule has 0 heterocycles. The molecule has 0 bridgehead atoms. The van der Waals surface area contributed by atoms with Gasteiger partial charge in [0.15, 0.2) is 6.10 Å². The molecule has 1 N–H and O–H groups in total. The van der Waals surface area contributed by atoms with Crippen LogP contribution in [0, 0.1) is 19.7 Å². The van der Waals surface area contributed by atoms with E-state index in [9.17, 15) is 9.18 Å². The number of nitrogens with one attached hydrogen (secondary N) is 1. The molecule has 0 aliphatic heterocycles. The lowest BCUT2D eigenvalue weighted by Gasteiger charge is -2.18. The zero-order chi connectivity index (χ0) is 16.8. The monoisotopic (exact) mass is 315 g/mol. The van der Waals surface area contributed by atoms with Crippen molar-refractivity contribution in [3.05, 3.63) is 65.0 Å². The summed E-state index contributed by atoms with van der Waals surface area (Å²) in [5, 5.41) is 2.74. The standard InChI is InChI=1S/C19H22FNO2/c1-4-18(23-16-10-13(2)9-14(3)11-16)19(22)21-12-15-7-5-6-8-17(15)20/h5-11,18H,4,12H2,1-3H3,(H,21,22). The van der Waals surface area contributed by atoms with Crippen LogP contribution >= 0.6 is 0 Å². The molecule has 2 aromatic rings. The molecule has 0 aliphatic rings. The Balaban J connectivity index is 1.99. The summed E-state index contributed by atoms with van der Waals surface area (Å²) in [6, 6.07) is 12.3. The highest BCUT2D eigenvalue weighted by atomic mass is 19.1. The second-order valence-electron chi connectivity index (χ2n) is 5.65. The van der Waals surface area contributed by atoms with E-state index in [1.165, 1.54) is 6.07 Å². The molecule has 0 saturated heterocycles. The number of ether oxygens (including phenoxy) is 1. The Bertz CT molecular complexity index is 665. The van der Waals surface area contributed by atoms with Crippen molar-refractivity contribution in [1.29, 1.82) is 0 Å². The Hall–Kier alpha value is -2.36. The fraction of sp³-hybridized carbons (Fsp3) is 0.316. The lowest BCUT2D eigenvalue weighted by atomic mass is 10.1. The van der Waals surface area contributed by atoms with Crippen molar-refractivity contribution in [2.75, 3.05) is 0 Å². The second kappa shape index (κ2) is 7.77. The van der Waals surface area contributed by atoms with E-state index in [1.807, 2.05) is 39.0 Å². The number of hydrogen-bond acceptors (Lipinski definition) is 2. The lowest BCUT2D eigenvalue weighted by molar-refractivity contribution is -0.128. The SMILES string of the molecule is CCC(Oc1cc(C)cc(C)c1)C(=O)NCc1ccccc1F. The minimum Gasteiger partial charge on any atom is -0.481 e. The van der Waals surface area contributed by atoms with Gasteiger partial charge in [-0.25, -0.2) is 4.39 Å². The van der Waals surface area contributed by atoms with Crippen molar-refractivity contribution in [3.63, 3.8) is 0 Å². The quantitative estimate of drug-likeness (QED) is 0.877. The third-order valence-electron chi connectivity index (χ3n) is 3.55. The maximum Gasteiger partial charge on any atom is 0.261 e. The van der Waals surface area contributed by atoms with Crippen LogP contribution in [0.15, 0.2) is 42.5 Å². The summed E-state index contributed by atoms with van der Waals surface area (Å²) in [6.07, 6.45) is -0.0567. The Morgan fingerprint density at radius 2 is 1.83 bits per heavy atom. The molecule has 0 saturated carbocycles. The van der Waals surface area contributed by atoms with E-state index < -0.39 is 6.10 Å². The van der Waals surface area contributed by atoms with Gasteiger partial charge in [-0.1, -0.05) is 31.2 Å². The van der Waals surface area contributed by atoms with Crippen LogP contribution in [0.2, 0.25) is 0 Å².